The highest BCUT2D eigenvalue weighted by Crippen LogP contribution is 2.28. The molecule has 0 aliphatic carbocycles. The Morgan fingerprint density at radius 2 is 2.05 bits per heavy atom. The third-order valence-electron chi connectivity index (χ3n) is 4.27. The average molecular weight is 270 g/mol. The van der Waals surface area contributed by atoms with Gasteiger partial charge in [-0.3, -0.25) is 4.98 Å². The minimum atomic E-state index is 0.764. The maximum absolute atomic E-state index is 6.01. The second-order valence-corrected chi connectivity index (χ2v) is 5.75. The summed E-state index contributed by atoms with van der Waals surface area (Å²) in [5.41, 5.74) is 7.96. The molecule has 4 nitrogen and oxygen atoms in total. The van der Waals surface area contributed by atoms with Crippen molar-refractivity contribution in [3.8, 4) is 0 Å². The van der Waals surface area contributed by atoms with Crippen LogP contribution in [0.4, 0.5) is 11.4 Å². The van der Waals surface area contributed by atoms with Crippen LogP contribution in [0.1, 0.15) is 12.8 Å². The molecule has 3 rings (SSSR count). The summed E-state index contributed by atoms with van der Waals surface area (Å²) < 4.78 is 0. The van der Waals surface area contributed by atoms with Crippen LogP contribution < -0.4 is 11.1 Å². The number of anilines is 2. The molecule has 0 radical (unpaired) electrons. The minimum Gasteiger partial charge on any atom is -0.398 e. The Bertz CT molecular complexity index is 588. The van der Waals surface area contributed by atoms with Crippen molar-refractivity contribution in [2.45, 2.75) is 12.8 Å². The lowest BCUT2D eigenvalue weighted by molar-refractivity contribution is 0.226. The van der Waals surface area contributed by atoms with Crippen molar-refractivity contribution in [2.75, 3.05) is 37.7 Å². The van der Waals surface area contributed by atoms with E-state index in [0.29, 0.717) is 0 Å². The van der Waals surface area contributed by atoms with E-state index in [1.54, 1.807) is 0 Å². The molecule has 0 atom stereocenters. The van der Waals surface area contributed by atoms with Gasteiger partial charge in [0.05, 0.1) is 0 Å². The first-order valence-corrected chi connectivity index (χ1v) is 7.28. The van der Waals surface area contributed by atoms with Crippen molar-refractivity contribution in [1.82, 2.24) is 9.88 Å². The molecule has 0 saturated carbocycles. The van der Waals surface area contributed by atoms with Gasteiger partial charge in [-0.25, -0.2) is 0 Å². The largest absolute Gasteiger partial charge is 0.398 e. The summed E-state index contributed by atoms with van der Waals surface area (Å²) in [7, 11) is 2.20. The lowest BCUT2D eigenvalue weighted by Gasteiger charge is -2.29. The van der Waals surface area contributed by atoms with E-state index < -0.39 is 0 Å². The molecular formula is C16H22N4. The molecule has 1 aliphatic heterocycles. The van der Waals surface area contributed by atoms with E-state index >= 15 is 0 Å². The highest BCUT2D eigenvalue weighted by Gasteiger charge is 2.16. The highest BCUT2D eigenvalue weighted by molar-refractivity contribution is 6.00. The number of likely N-dealkylation sites (tertiary alicyclic amines) is 1. The molecule has 1 aromatic carbocycles. The third-order valence-corrected chi connectivity index (χ3v) is 4.27. The van der Waals surface area contributed by atoms with Crippen LogP contribution in [0, 0.1) is 5.92 Å². The van der Waals surface area contributed by atoms with Crippen LogP contribution in [0.15, 0.2) is 30.6 Å². The summed E-state index contributed by atoms with van der Waals surface area (Å²) in [6.45, 7) is 3.45. The lowest BCUT2D eigenvalue weighted by Crippen LogP contribution is -2.32. The number of nitrogens with zero attached hydrogens (tertiary/aromatic N) is 2. The van der Waals surface area contributed by atoms with Gasteiger partial charge >= 0.3 is 0 Å². The molecule has 0 bridgehead atoms. The van der Waals surface area contributed by atoms with Crippen molar-refractivity contribution in [1.29, 1.82) is 0 Å². The van der Waals surface area contributed by atoms with E-state index in [9.17, 15) is 0 Å². The number of rotatable bonds is 3. The van der Waals surface area contributed by atoms with Crippen molar-refractivity contribution in [3.63, 3.8) is 0 Å². The van der Waals surface area contributed by atoms with Gasteiger partial charge in [-0.15, -0.1) is 0 Å². The Morgan fingerprint density at radius 3 is 2.85 bits per heavy atom. The van der Waals surface area contributed by atoms with Crippen LogP contribution in [0.5, 0.6) is 0 Å². The van der Waals surface area contributed by atoms with Crippen LogP contribution in [0.25, 0.3) is 10.8 Å². The smallest absolute Gasteiger partial charge is 0.0422 e. The summed E-state index contributed by atoms with van der Waals surface area (Å²) in [4.78, 5) is 6.56. The van der Waals surface area contributed by atoms with Crippen LogP contribution in [0.2, 0.25) is 0 Å². The van der Waals surface area contributed by atoms with Crippen molar-refractivity contribution in [2.24, 2.45) is 5.92 Å². The Balaban J connectivity index is 1.73. The van der Waals surface area contributed by atoms with Gasteiger partial charge in [0.1, 0.15) is 0 Å². The zero-order valence-corrected chi connectivity index (χ0v) is 12.0. The van der Waals surface area contributed by atoms with E-state index in [-0.39, 0.29) is 0 Å². The Hall–Kier alpha value is -1.81. The molecule has 1 fully saturated rings. The van der Waals surface area contributed by atoms with E-state index in [4.69, 9.17) is 5.73 Å². The number of pyridine rings is 1. The van der Waals surface area contributed by atoms with Crippen LogP contribution in [-0.4, -0.2) is 36.6 Å². The van der Waals surface area contributed by atoms with Crippen molar-refractivity contribution in [3.05, 3.63) is 30.6 Å². The maximum Gasteiger partial charge on any atom is 0.0422 e. The quantitative estimate of drug-likeness (QED) is 0.842. The third kappa shape index (κ3) is 2.70. The van der Waals surface area contributed by atoms with Crippen molar-refractivity contribution >= 4 is 22.1 Å². The van der Waals surface area contributed by atoms with Gasteiger partial charge in [-0.2, -0.15) is 0 Å². The van der Waals surface area contributed by atoms with E-state index in [1.807, 2.05) is 24.5 Å². The first kappa shape index (κ1) is 13.2. The minimum absolute atomic E-state index is 0.764. The second-order valence-electron chi connectivity index (χ2n) is 5.75. The number of piperidine rings is 1. The van der Waals surface area contributed by atoms with E-state index in [0.717, 1.165) is 34.6 Å². The molecule has 0 spiro atoms. The summed E-state index contributed by atoms with van der Waals surface area (Å²) in [6, 6.07) is 6.07. The number of benzene rings is 1. The number of nitrogens with two attached hydrogens (primary N) is 1. The van der Waals surface area contributed by atoms with Gasteiger partial charge in [0, 0.05) is 41.1 Å². The van der Waals surface area contributed by atoms with Gasteiger partial charge in [0.2, 0.25) is 0 Å². The highest BCUT2D eigenvalue weighted by atomic mass is 15.1. The molecule has 1 aliphatic rings. The van der Waals surface area contributed by atoms with Crippen molar-refractivity contribution < 1.29 is 0 Å². The number of aromatic nitrogens is 1. The fourth-order valence-electron chi connectivity index (χ4n) is 2.89. The molecule has 1 aromatic heterocycles. The number of nitrogens with one attached hydrogen (secondary N) is 1. The Morgan fingerprint density at radius 1 is 1.25 bits per heavy atom. The SMILES string of the molecule is CN1CCC(CNc2ccc(N)c3cnccc23)CC1. The topological polar surface area (TPSA) is 54.2 Å². The maximum atomic E-state index is 6.01. The summed E-state index contributed by atoms with van der Waals surface area (Å²) >= 11 is 0. The molecule has 4 heteroatoms. The zero-order valence-electron chi connectivity index (χ0n) is 12.0. The standard InChI is InChI=1S/C16H22N4/c1-20-8-5-12(6-9-20)10-19-16-3-2-15(17)14-11-18-7-4-13(14)16/h2-4,7,11-12,19H,5-6,8-10,17H2,1H3. The molecule has 1 saturated heterocycles. The van der Waals surface area contributed by atoms with Gasteiger partial charge in [-0.1, -0.05) is 0 Å². The molecule has 2 heterocycles. The average Bonchev–Trinajstić information content (AvgIpc) is 2.49. The fraction of sp³-hybridized carbons (Fsp3) is 0.438. The summed E-state index contributed by atoms with van der Waals surface area (Å²) in [6.07, 6.45) is 6.21. The van der Waals surface area contributed by atoms with E-state index in [2.05, 4.69) is 28.3 Å². The number of hydrogen-bond donors (Lipinski definition) is 2. The molecule has 0 amide bonds. The molecule has 106 valence electrons. The van der Waals surface area contributed by atoms with Gasteiger partial charge in [0.25, 0.3) is 0 Å². The lowest BCUT2D eigenvalue weighted by atomic mass is 9.97. The van der Waals surface area contributed by atoms with Crippen LogP contribution in [-0.2, 0) is 0 Å². The van der Waals surface area contributed by atoms with Gasteiger partial charge < -0.3 is 16.0 Å². The predicted molar refractivity (Wildman–Crippen MR) is 84.9 cm³/mol. The molecule has 3 N–H and O–H groups in total. The second kappa shape index (κ2) is 5.67. The summed E-state index contributed by atoms with van der Waals surface area (Å²) in [5.74, 6) is 0.764. The Labute approximate surface area is 120 Å². The number of nitrogen functional groups attached to an aromatic ring is 1. The fourth-order valence-corrected chi connectivity index (χ4v) is 2.89. The molecule has 2 aromatic rings. The van der Waals surface area contributed by atoms with Crippen LogP contribution in [0.3, 0.4) is 0 Å². The summed E-state index contributed by atoms with van der Waals surface area (Å²) in [5, 5.41) is 5.79. The first-order valence-electron chi connectivity index (χ1n) is 7.28. The molecule has 0 unspecified atom stereocenters. The molecular weight excluding hydrogens is 248 g/mol. The number of fused-ring (bicyclic) bond motifs is 1. The number of hydrogen-bond acceptors (Lipinski definition) is 4. The monoisotopic (exact) mass is 270 g/mol. The van der Waals surface area contributed by atoms with Crippen LogP contribution >= 0.6 is 0 Å². The van der Waals surface area contributed by atoms with Gasteiger partial charge in [-0.05, 0) is 57.1 Å². The van der Waals surface area contributed by atoms with Gasteiger partial charge in [0.15, 0.2) is 0 Å². The Kier molecular flexibility index (Phi) is 3.74. The first-order chi connectivity index (χ1) is 9.74. The zero-order chi connectivity index (χ0) is 13.9. The normalized spacial score (nSPS) is 17.4. The van der Waals surface area contributed by atoms with E-state index in [1.165, 1.54) is 25.9 Å². The predicted octanol–water partition coefficient (Wildman–Crippen LogP) is 2.57. The molecule has 20 heavy (non-hydrogen) atoms.